The molecule has 0 bridgehead atoms. The number of allylic oxidation sites excluding steroid dienone is 4. The van der Waals surface area contributed by atoms with E-state index in [9.17, 15) is 19.8 Å². The number of rotatable bonds is 2. The normalized spacial score (nSPS) is 49.9. The smallest absolute Gasteiger partial charge is 0.190 e. The third-order valence-corrected chi connectivity index (χ3v) is 8.71. The molecule has 4 aliphatic carbocycles. The lowest BCUT2D eigenvalue weighted by molar-refractivity contribution is -0.169. The molecule has 3 fully saturated rings. The SMILES string of the molecule is C[C@@H]1CC2C3CCC4=CC(=O)C=C[C@]4(C)C3CC[C@]2(C)[C@@]1(O)C(=O)CO. The molecule has 0 spiro atoms. The summed E-state index contributed by atoms with van der Waals surface area (Å²) < 4.78 is 0. The van der Waals surface area contributed by atoms with E-state index < -0.39 is 23.4 Å². The fourth-order valence-corrected chi connectivity index (χ4v) is 7.25. The molecule has 7 atom stereocenters. The van der Waals surface area contributed by atoms with E-state index in [0.29, 0.717) is 11.8 Å². The molecule has 0 radical (unpaired) electrons. The van der Waals surface area contributed by atoms with Gasteiger partial charge in [0.1, 0.15) is 12.2 Å². The van der Waals surface area contributed by atoms with E-state index in [1.54, 1.807) is 6.08 Å². The molecule has 0 aromatic rings. The number of hydrogen-bond acceptors (Lipinski definition) is 4. The number of hydrogen-bond donors (Lipinski definition) is 2. The average Bonchev–Trinajstić information content (AvgIpc) is 2.83. The first-order valence-electron chi connectivity index (χ1n) is 9.99. The predicted molar refractivity (Wildman–Crippen MR) is 98.2 cm³/mol. The number of Topliss-reactive ketones (excluding diaryl/α,β-unsaturated/α-hetero) is 1. The molecule has 0 saturated heterocycles. The molecular formula is C22H30O4. The highest BCUT2D eigenvalue weighted by Gasteiger charge is 2.68. The standard InChI is InChI=1S/C22H30O4/c1-13-10-18-16-5-4-14-11-15(24)6-8-20(14,2)17(16)7-9-21(18,3)22(13,26)19(25)12-23/h6,8,11,13,16-18,23,26H,4-5,7,9-10,12H2,1-3H3/t13-,16?,17?,18?,20+,21+,22+/m1/s1. The lowest BCUT2D eigenvalue weighted by Crippen LogP contribution is -2.59. The van der Waals surface area contributed by atoms with Crippen molar-refractivity contribution in [3.8, 4) is 0 Å². The minimum absolute atomic E-state index is 0.0803. The van der Waals surface area contributed by atoms with Gasteiger partial charge in [-0.3, -0.25) is 9.59 Å². The minimum atomic E-state index is -1.42. The molecule has 0 heterocycles. The van der Waals surface area contributed by atoms with E-state index in [0.717, 1.165) is 32.1 Å². The van der Waals surface area contributed by atoms with E-state index in [2.05, 4.69) is 19.9 Å². The second kappa shape index (κ2) is 5.62. The van der Waals surface area contributed by atoms with Gasteiger partial charge in [-0.2, -0.15) is 0 Å². The molecule has 4 heteroatoms. The van der Waals surface area contributed by atoms with Crippen LogP contribution in [0.5, 0.6) is 0 Å². The minimum Gasteiger partial charge on any atom is -0.388 e. The lowest BCUT2D eigenvalue weighted by atomic mass is 9.47. The van der Waals surface area contributed by atoms with Gasteiger partial charge in [-0.1, -0.05) is 32.4 Å². The Balaban J connectivity index is 1.72. The summed E-state index contributed by atoms with van der Waals surface area (Å²) in [6.07, 6.45) is 10.1. The van der Waals surface area contributed by atoms with Crippen molar-refractivity contribution in [3.05, 3.63) is 23.8 Å². The van der Waals surface area contributed by atoms with E-state index in [4.69, 9.17) is 0 Å². The van der Waals surface area contributed by atoms with Crippen molar-refractivity contribution in [2.45, 2.75) is 58.5 Å². The Bertz CT molecular complexity index is 722. The molecule has 4 nitrogen and oxygen atoms in total. The summed E-state index contributed by atoms with van der Waals surface area (Å²) >= 11 is 0. The average molecular weight is 358 g/mol. The molecule has 142 valence electrons. The zero-order valence-electron chi connectivity index (χ0n) is 16.0. The van der Waals surface area contributed by atoms with Crippen LogP contribution in [-0.4, -0.2) is 34.0 Å². The summed E-state index contributed by atoms with van der Waals surface area (Å²) in [5, 5.41) is 20.9. The van der Waals surface area contributed by atoms with E-state index in [-0.39, 0.29) is 23.0 Å². The van der Waals surface area contributed by atoms with Gasteiger partial charge in [0.25, 0.3) is 0 Å². The van der Waals surface area contributed by atoms with Gasteiger partial charge in [-0.05, 0) is 67.9 Å². The van der Waals surface area contributed by atoms with Crippen molar-refractivity contribution < 1.29 is 19.8 Å². The highest BCUT2D eigenvalue weighted by molar-refractivity contribution is 6.01. The largest absolute Gasteiger partial charge is 0.388 e. The van der Waals surface area contributed by atoms with Crippen LogP contribution in [0, 0.1) is 34.5 Å². The van der Waals surface area contributed by atoms with Gasteiger partial charge >= 0.3 is 0 Å². The van der Waals surface area contributed by atoms with E-state index in [1.807, 2.05) is 13.0 Å². The van der Waals surface area contributed by atoms with Gasteiger partial charge in [-0.15, -0.1) is 0 Å². The van der Waals surface area contributed by atoms with Crippen LogP contribution in [0.25, 0.3) is 0 Å². The number of aliphatic hydroxyl groups is 2. The van der Waals surface area contributed by atoms with Gasteiger partial charge < -0.3 is 10.2 Å². The monoisotopic (exact) mass is 358 g/mol. The van der Waals surface area contributed by atoms with Crippen molar-refractivity contribution in [2.24, 2.45) is 34.5 Å². The molecule has 3 unspecified atom stereocenters. The Morgan fingerprint density at radius 2 is 2.00 bits per heavy atom. The molecule has 26 heavy (non-hydrogen) atoms. The third kappa shape index (κ3) is 2.03. The van der Waals surface area contributed by atoms with Crippen molar-refractivity contribution in [2.75, 3.05) is 6.61 Å². The molecular weight excluding hydrogens is 328 g/mol. The number of fused-ring (bicyclic) bond motifs is 5. The summed E-state index contributed by atoms with van der Waals surface area (Å²) in [6.45, 7) is 5.69. The summed E-state index contributed by atoms with van der Waals surface area (Å²) in [5.41, 5.74) is -0.725. The van der Waals surface area contributed by atoms with Crippen LogP contribution >= 0.6 is 0 Å². The number of ketones is 2. The van der Waals surface area contributed by atoms with Crippen molar-refractivity contribution in [1.82, 2.24) is 0 Å². The second-order valence-electron chi connectivity index (χ2n) is 9.54. The Labute approximate surface area is 155 Å². The molecule has 3 saturated carbocycles. The van der Waals surface area contributed by atoms with Crippen LogP contribution in [0.3, 0.4) is 0 Å². The highest BCUT2D eigenvalue weighted by atomic mass is 16.3. The molecule has 0 aromatic carbocycles. The van der Waals surface area contributed by atoms with Gasteiger partial charge in [-0.25, -0.2) is 0 Å². The molecule has 0 amide bonds. The molecule has 0 aromatic heterocycles. The molecule has 2 N–H and O–H groups in total. The van der Waals surface area contributed by atoms with Crippen LogP contribution in [0.2, 0.25) is 0 Å². The first-order chi connectivity index (χ1) is 12.2. The molecule has 4 aliphatic rings. The van der Waals surface area contributed by atoms with Crippen LogP contribution in [-0.2, 0) is 9.59 Å². The van der Waals surface area contributed by atoms with Crippen LogP contribution < -0.4 is 0 Å². The Morgan fingerprint density at radius 1 is 1.27 bits per heavy atom. The topological polar surface area (TPSA) is 74.6 Å². The fourth-order valence-electron chi connectivity index (χ4n) is 7.25. The number of carbonyl (C=O) groups is 2. The summed E-state index contributed by atoms with van der Waals surface area (Å²) in [5.74, 6) is 0.707. The lowest BCUT2D eigenvalue weighted by Gasteiger charge is -2.58. The van der Waals surface area contributed by atoms with Gasteiger partial charge in [0, 0.05) is 10.8 Å². The summed E-state index contributed by atoms with van der Waals surface area (Å²) in [6, 6.07) is 0. The Kier molecular flexibility index (Phi) is 3.92. The summed E-state index contributed by atoms with van der Waals surface area (Å²) in [7, 11) is 0. The molecule has 4 rings (SSSR count). The zero-order chi connectivity index (χ0) is 18.9. The van der Waals surface area contributed by atoms with Crippen molar-refractivity contribution >= 4 is 11.6 Å². The van der Waals surface area contributed by atoms with E-state index in [1.165, 1.54) is 5.57 Å². The maximum absolute atomic E-state index is 12.5. The van der Waals surface area contributed by atoms with Crippen LogP contribution in [0.4, 0.5) is 0 Å². The summed E-state index contributed by atoms with van der Waals surface area (Å²) in [4.78, 5) is 24.4. The first kappa shape index (κ1) is 18.1. The Hall–Kier alpha value is -1.26. The quantitative estimate of drug-likeness (QED) is 0.796. The number of aliphatic hydroxyl groups excluding tert-OH is 1. The van der Waals surface area contributed by atoms with Gasteiger partial charge in [0.2, 0.25) is 0 Å². The highest BCUT2D eigenvalue weighted by Crippen LogP contribution is 2.68. The van der Waals surface area contributed by atoms with E-state index >= 15 is 0 Å². The van der Waals surface area contributed by atoms with Crippen molar-refractivity contribution in [3.63, 3.8) is 0 Å². The van der Waals surface area contributed by atoms with Crippen molar-refractivity contribution in [1.29, 1.82) is 0 Å². The Morgan fingerprint density at radius 3 is 2.69 bits per heavy atom. The molecule has 0 aliphatic heterocycles. The first-order valence-corrected chi connectivity index (χ1v) is 9.99. The van der Waals surface area contributed by atoms with Crippen LogP contribution in [0.15, 0.2) is 23.8 Å². The number of carbonyl (C=O) groups excluding carboxylic acids is 2. The fraction of sp³-hybridized carbons (Fsp3) is 0.727. The second-order valence-corrected chi connectivity index (χ2v) is 9.54. The van der Waals surface area contributed by atoms with Gasteiger partial charge in [0.05, 0.1) is 0 Å². The third-order valence-electron chi connectivity index (χ3n) is 8.71. The van der Waals surface area contributed by atoms with Crippen LogP contribution in [0.1, 0.15) is 52.9 Å². The zero-order valence-corrected chi connectivity index (χ0v) is 16.0. The maximum Gasteiger partial charge on any atom is 0.190 e. The predicted octanol–water partition coefficient (Wildman–Crippen LogP) is 2.83. The maximum atomic E-state index is 12.5. The van der Waals surface area contributed by atoms with Gasteiger partial charge in [0.15, 0.2) is 11.6 Å².